The molecular formula is C13H24F3IN4O4S. The van der Waals surface area contributed by atoms with Crippen molar-refractivity contribution in [2.75, 3.05) is 40.3 Å². The number of alkyl halides is 3. The molecule has 0 bridgehead atoms. The topological polar surface area (TPSA) is 100 Å². The van der Waals surface area contributed by atoms with Crippen molar-refractivity contribution in [3.8, 4) is 0 Å². The fraction of sp³-hybridized carbons (Fsp3) is 0.846. The largest absolute Gasteiger partial charge is 0.511 e. The number of halogens is 4. The number of sulfonamides is 1. The average Bonchev–Trinajstić information content (AvgIpc) is 2.57. The Morgan fingerprint density at radius 2 is 1.85 bits per heavy atom. The molecular weight excluding hydrogens is 492 g/mol. The molecule has 0 atom stereocenters. The van der Waals surface area contributed by atoms with E-state index in [1.807, 2.05) is 0 Å². The average molecular weight is 516 g/mol. The predicted molar refractivity (Wildman–Crippen MR) is 101 cm³/mol. The first kappa shape index (κ1) is 25.2. The van der Waals surface area contributed by atoms with Gasteiger partial charge in [-0.2, -0.15) is 17.5 Å². The Hall–Kier alpha value is -0.830. The lowest BCUT2D eigenvalue weighted by Gasteiger charge is -2.31. The number of methoxy groups -OCH3 is 1. The quantitative estimate of drug-likeness (QED) is 0.236. The van der Waals surface area contributed by atoms with Gasteiger partial charge in [-0.15, -0.1) is 24.0 Å². The zero-order valence-corrected chi connectivity index (χ0v) is 17.7. The van der Waals surface area contributed by atoms with E-state index in [4.69, 9.17) is 0 Å². The summed E-state index contributed by atoms with van der Waals surface area (Å²) in [6.45, 7) is 0.442. The number of carbonyl (C=O) groups is 1. The van der Waals surface area contributed by atoms with Gasteiger partial charge in [-0.25, -0.2) is 8.42 Å². The Bertz CT molecular complexity index is 578. The van der Waals surface area contributed by atoms with Crippen molar-refractivity contribution in [2.24, 2.45) is 10.9 Å². The van der Waals surface area contributed by atoms with E-state index in [0.29, 0.717) is 36.2 Å². The van der Waals surface area contributed by atoms with Gasteiger partial charge in [0.1, 0.15) is 0 Å². The molecule has 1 saturated heterocycles. The minimum atomic E-state index is -5.26. The molecule has 1 rings (SSSR count). The fourth-order valence-electron chi connectivity index (χ4n) is 2.35. The zero-order chi connectivity index (χ0) is 19.1. The molecule has 0 aromatic carbocycles. The molecule has 0 aromatic heterocycles. The normalized spacial score (nSPS) is 17.3. The van der Waals surface area contributed by atoms with Gasteiger partial charge >= 0.3 is 21.5 Å². The summed E-state index contributed by atoms with van der Waals surface area (Å²) >= 11 is 0. The Morgan fingerprint density at radius 1 is 1.27 bits per heavy atom. The van der Waals surface area contributed by atoms with E-state index in [-0.39, 0.29) is 55.4 Å². The zero-order valence-electron chi connectivity index (χ0n) is 14.5. The third-order valence-electron chi connectivity index (χ3n) is 3.84. The number of guanidine groups is 1. The molecule has 0 amide bonds. The number of esters is 1. The molecule has 0 aliphatic carbocycles. The van der Waals surface area contributed by atoms with Gasteiger partial charge < -0.3 is 15.4 Å². The van der Waals surface area contributed by atoms with Crippen molar-refractivity contribution < 1.29 is 31.1 Å². The van der Waals surface area contributed by atoms with Crippen LogP contribution < -0.4 is 10.6 Å². The summed E-state index contributed by atoms with van der Waals surface area (Å²) in [5.41, 5.74) is -5.26. The first-order valence-corrected chi connectivity index (χ1v) is 9.13. The Kier molecular flexibility index (Phi) is 10.8. The van der Waals surface area contributed by atoms with Crippen LogP contribution in [-0.2, 0) is 19.6 Å². The number of aliphatic imine (C=N–C) groups is 1. The van der Waals surface area contributed by atoms with Gasteiger partial charge in [-0.1, -0.05) is 0 Å². The molecule has 2 N–H and O–H groups in total. The molecule has 1 fully saturated rings. The van der Waals surface area contributed by atoms with Crippen molar-refractivity contribution in [1.29, 1.82) is 0 Å². The van der Waals surface area contributed by atoms with Crippen LogP contribution in [0.2, 0.25) is 0 Å². The number of nitrogens with one attached hydrogen (secondary N) is 2. The summed E-state index contributed by atoms with van der Waals surface area (Å²) in [7, 11) is -2.41. The van der Waals surface area contributed by atoms with Gasteiger partial charge in [-0.05, 0) is 18.8 Å². The van der Waals surface area contributed by atoms with Gasteiger partial charge in [0.2, 0.25) is 0 Å². The van der Waals surface area contributed by atoms with Crippen LogP contribution >= 0.6 is 24.0 Å². The molecule has 0 unspecified atom stereocenters. The highest BCUT2D eigenvalue weighted by molar-refractivity contribution is 14.0. The second-order valence-corrected chi connectivity index (χ2v) is 7.43. The van der Waals surface area contributed by atoms with E-state index < -0.39 is 15.5 Å². The van der Waals surface area contributed by atoms with Crippen LogP contribution in [0.25, 0.3) is 0 Å². The molecule has 0 spiro atoms. The van der Waals surface area contributed by atoms with E-state index in [9.17, 15) is 26.4 Å². The van der Waals surface area contributed by atoms with E-state index in [1.54, 1.807) is 7.05 Å². The number of piperidine rings is 1. The van der Waals surface area contributed by atoms with Crippen LogP contribution in [0, 0.1) is 5.92 Å². The van der Waals surface area contributed by atoms with Crippen LogP contribution in [-0.4, -0.2) is 70.5 Å². The van der Waals surface area contributed by atoms with Crippen LogP contribution in [0.5, 0.6) is 0 Å². The van der Waals surface area contributed by atoms with Crippen LogP contribution in [0.15, 0.2) is 4.99 Å². The van der Waals surface area contributed by atoms with Gasteiger partial charge in [0.15, 0.2) is 5.96 Å². The van der Waals surface area contributed by atoms with Crippen LogP contribution in [0.3, 0.4) is 0 Å². The van der Waals surface area contributed by atoms with Crippen molar-refractivity contribution in [2.45, 2.75) is 24.8 Å². The lowest BCUT2D eigenvalue weighted by atomic mass is 9.98. The number of hydrogen-bond donors (Lipinski definition) is 2. The summed E-state index contributed by atoms with van der Waals surface area (Å²) in [5.74, 6) is 0.120. The summed E-state index contributed by atoms with van der Waals surface area (Å²) in [4.78, 5) is 15.0. The van der Waals surface area contributed by atoms with Gasteiger partial charge in [-0.3, -0.25) is 9.79 Å². The summed E-state index contributed by atoms with van der Waals surface area (Å²) in [6.07, 6.45) is 0.813. The molecule has 8 nitrogen and oxygen atoms in total. The Balaban J connectivity index is 0.00000625. The Labute approximate surface area is 168 Å². The van der Waals surface area contributed by atoms with Crippen LogP contribution in [0.1, 0.15) is 19.3 Å². The molecule has 1 aliphatic heterocycles. The number of hydrogen-bond acceptors (Lipinski definition) is 5. The highest BCUT2D eigenvalue weighted by Crippen LogP contribution is 2.30. The lowest BCUT2D eigenvalue weighted by Crippen LogP contribution is -2.47. The maximum absolute atomic E-state index is 12.5. The maximum atomic E-state index is 12.5. The predicted octanol–water partition coefficient (Wildman–Crippen LogP) is 0.894. The highest BCUT2D eigenvalue weighted by Gasteiger charge is 2.50. The second-order valence-electron chi connectivity index (χ2n) is 5.50. The lowest BCUT2D eigenvalue weighted by molar-refractivity contribution is -0.140. The molecule has 1 heterocycles. The summed E-state index contributed by atoms with van der Waals surface area (Å²) in [6, 6.07) is 0. The highest BCUT2D eigenvalue weighted by atomic mass is 127. The fourth-order valence-corrected chi connectivity index (χ4v) is 3.33. The number of nitrogens with zero attached hydrogens (tertiary/aromatic N) is 2. The van der Waals surface area contributed by atoms with E-state index in [1.165, 1.54) is 7.11 Å². The molecule has 154 valence electrons. The maximum Gasteiger partial charge on any atom is 0.511 e. The standard InChI is InChI=1S/C13H23F3N4O4S.HI/c1-17-12(18-6-3-11(21)24-2)19-9-10-4-7-20(8-5-10)25(22,23)13(14,15)16;/h10H,3-9H2,1-2H3,(H2,17,18,19);1H. The third-order valence-corrected chi connectivity index (χ3v) is 5.47. The SMILES string of the molecule is CN=C(NCCC(=O)OC)NCC1CCN(S(=O)(=O)C(F)(F)F)CC1.I. The van der Waals surface area contributed by atoms with Crippen molar-refractivity contribution in [1.82, 2.24) is 14.9 Å². The van der Waals surface area contributed by atoms with Gasteiger partial charge in [0, 0.05) is 33.2 Å². The minimum Gasteiger partial charge on any atom is -0.469 e. The van der Waals surface area contributed by atoms with Gasteiger partial charge in [0.25, 0.3) is 0 Å². The Morgan fingerprint density at radius 3 is 2.31 bits per heavy atom. The van der Waals surface area contributed by atoms with Crippen molar-refractivity contribution in [3.05, 3.63) is 0 Å². The van der Waals surface area contributed by atoms with E-state index in [0.717, 1.165) is 0 Å². The molecule has 13 heteroatoms. The molecule has 0 radical (unpaired) electrons. The van der Waals surface area contributed by atoms with Crippen LogP contribution in [0.4, 0.5) is 13.2 Å². The minimum absolute atomic E-state index is 0. The van der Waals surface area contributed by atoms with Crippen molar-refractivity contribution >= 4 is 45.9 Å². The molecule has 0 aromatic rings. The summed E-state index contributed by atoms with van der Waals surface area (Å²) < 4.78 is 65.2. The third kappa shape index (κ3) is 7.42. The first-order valence-electron chi connectivity index (χ1n) is 7.69. The first-order chi connectivity index (χ1) is 11.6. The monoisotopic (exact) mass is 516 g/mol. The molecule has 26 heavy (non-hydrogen) atoms. The number of carbonyl (C=O) groups excluding carboxylic acids is 1. The molecule has 1 aliphatic rings. The second kappa shape index (κ2) is 11.1. The smallest absolute Gasteiger partial charge is 0.469 e. The summed E-state index contributed by atoms with van der Waals surface area (Å²) in [5, 5.41) is 5.92. The molecule has 0 saturated carbocycles. The van der Waals surface area contributed by atoms with Gasteiger partial charge in [0.05, 0.1) is 13.5 Å². The van der Waals surface area contributed by atoms with E-state index in [2.05, 4.69) is 20.4 Å². The number of ether oxygens (including phenoxy) is 1. The van der Waals surface area contributed by atoms with E-state index >= 15 is 0 Å². The van der Waals surface area contributed by atoms with Crippen molar-refractivity contribution in [3.63, 3.8) is 0 Å². The number of rotatable bonds is 6.